The zero-order valence-corrected chi connectivity index (χ0v) is 13.0. The lowest BCUT2D eigenvalue weighted by atomic mass is 9.97. The molecule has 6 nitrogen and oxygen atoms in total. The molecule has 23 heavy (non-hydrogen) atoms. The van der Waals surface area contributed by atoms with Gasteiger partial charge in [-0.05, 0) is 31.9 Å². The Morgan fingerprint density at radius 3 is 2.96 bits per heavy atom. The average molecular weight is 308 g/mol. The zero-order valence-electron chi connectivity index (χ0n) is 13.0. The van der Waals surface area contributed by atoms with E-state index in [1.54, 1.807) is 6.20 Å². The van der Waals surface area contributed by atoms with Gasteiger partial charge in [-0.3, -0.25) is 0 Å². The van der Waals surface area contributed by atoms with Crippen LogP contribution in [0.5, 0.6) is 0 Å². The standard InChI is InChI=1S/C17H20N6/c1-3-17(22-5-1)4-9-23(11-17)13-2-6-18-16-14(13)12(10-21-16)15-19-7-8-20-15/h2,6-8,10,22H,1,3-5,9,11H2,(H,18,21)(H,19,20). The van der Waals surface area contributed by atoms with Gasteiger partial charge in [-0.1, -0.05) is 0 Å². The second-order valence-electron chi connectivity index (χ2n) is 6.68. The topological polar surface area (TPSA) is 72.6 Å². The van der Waals surface area contributed by atoms with Crippen LogP contribution >= 0.6 is 0 Å². The van der Waals surface area contributed by atoms with E-state index in [1.807, 2.05) is 18.6 Å². The number of imidazole rings is 1. The van der Waals surface area contributed by atoms with Gasteiger partial charge in [0, 0.05) is 49.0 Å². The van der Waals surface area contributed by atoms with Crippen molar-refractivity contribution in [2.45, 2.75) is 24.8 Å². The zero-order chi connectivity index (χ0) is 15.3. The second-order valence-corrected chi connectivity index (χ2v) is 6.68. The molecule has 0 aromatic carbocycles. The Morgan fingerprint density at radius 2 is 2.13 bits per heavy atom. The molecule has 0 aliphatic carbocycles. The highest BCUT2D eigenvalue weighted by Gasteiger charge is 2.40. The lowest BCUT2D eigenvalue weighted by Crippen LogP contribution is -2.42. The Bertz CT molecular complexity index is 828. The van der Waals surface area contributed by atoms with Gasteiger partial charge in [0.2, 0.25) is 0 Å². The number of nitrogens with one attached hydrogen (secondary N) is 3. The SMILES string of the molecule is c1c[nH]c(-c2c[nH]c3nccc(N4CCC5(CCCN5)C4)c23)n1. The molecule has 2 aliphatic heterocycles. The van der Waals surface area contributed by atoms with E-state index in [0.29, 0.717) is 5.54 Å². The first kappa shape index (κ1) is 13.1. The van der Waals surface area contributed by atoms with Gasteiger partial charge in [0.1, 0.15) is 11.5 Å². The van der Waals surface area contributed by atoms with Gasteiger partial charge in [-0.2, -0.15) is 0 Å². The molecule has 5 rings (SSSR count). The van der Waals surface area contributed by atoms with E-state index in [4.69, 9.17) is 0 Å². The number of H-pyrrole nitrogens is 2. The highest BCUT2D eigenvalue weighted by molar-refractivity contribution is 6.01. The van der Waals surface area contributed by atoms with Crippen LogP contribution in [0.25, 0.3) is 22.4 Å². The number of aromatic amines is 2. The number of fused-ring (bicyclic) bond motifs is 1. The predicted octanol–water partition coefficient (Wildman–Crippen LogP) is 2.29. The van der Waals surface area contributed by atoms with Crippen molar-refractivity contribution in [3.63, 3.8) is 0 Å². The second kappa shape index (κ2) is 4.83. The lowest BCUT2D eigenvalue weighted by molar-refractivity contribution is 0.419. The maximum absolute atomic E-state index is 4.49. The monoisotopic (exact) mass is 308 g/mol. The molecule has 0 saturated carbocycles. The molecule has 5 heterocycles. The van der Waals surface area contributed by atoms with Gasteiger partial charge < -0.3 is 20.2 Å². The summed E-state index contributed by atoms with van der Waals surface area (Å²) in [6.45, 7) is 3.32. The van der Waals surface area contributed by atoms with Crippen LogP contribution in [-0.4, -0.2) is 45.1 Å². The molecule has 1 atom stereocenters. The molecular weight excluding hydrogens is 288 g/mol. The van der Waals surface area contributed by atoms with E-state index in [9.17, 15) is 0 Å². The third-order valence-corrected chi connectivity index (χ3v) is 5.33. The fourth-order valence-corrected chi connectivity index (χ4v) is 4.20. The minimum Gasteiger partial charge on any atom is -0.369 e. The summed E-state index contributed by atoms with van der Waals surface area (Å²) in [6.07, 6.45) is 11.3. The lowest BCUT2D eigenvalue weighted by Gasteiger charge is -2.25. The molecule has 1 spiro atoms. The highest BCUT2D eigenvalue weighted by Crippen LogP contribution is 2.38. The van der Waals surface area contributed by atoms with Crippen LogP contribution in [0, 0.1) is 0 Å². The molecule has 3 N–H and O–H groups in total. The number of hydrogen-bond acceptors (Lipinski definition) is 4. The number of nitrogens with zero attached hydrogens (tertiary/aromatic N) is 3. The smallest absolute Gasteiger partial charge is 0.140 e. The Hall–Kier alpha value is -2.34. The molecule has 2 saturated heterocycles. The van der Waals surface area contributed by atoms with Gasteiger partial charge in [-0.25, -0.2) is 9.97 Å². The molecule has 0 radical (unpaired) electrons. The van der Waals surface area contributed by atoms with E-state index >= 15 is 0 Å². The Labute approximate surface area is 134 Å². The summed E-state index contributed by atoms with van der Waals surface area (Å²) in [4.78, 5) is 17.9. The van der Waals surface area contributed by atoms with Crippen molar-refractivity contribution < 1.29 is 0 Å². The molecule has 3 aromatic heterocycles. The largest absolute Gasteiger partial charge is 0.369 e. The van der Waals surface area contributed by atoms with Crippen LogP contribution in [0.2, 0.25) is 0 Å². The summed E-state index contributed by atoms with van der Waals surface area (Å²) < 4.78 is 0. The summed E-state index contributed by atoms with van der Waals surface area (Å²) in [5.74, 6) is 0.887. The fraction of sp³-hybridized carbons (Fsp3) is 0.412. The normalized spacial score (nSPS) is 24.3. The van der Waals surface area contributed by atoms with Crippen molar-refractivity contribution in [1.29, 1.82) is 0 Å². The van der Waals surface area contributed by atoms with Crippen LogP contribution < -0.4 is 10.2 Å². The van der Waals surface area contributed by atoms with Crippen LogP contribution in [-0.2, 0) is 0 Å². The molecule has 2 aliphatic rings. The maximum atomic E-state index is 4.49. The molecule has 3 aromatic rings. The van der Waals surface area contributed by atoms with Gasteiger partial charge >= 0.3 is 0 Å². The van der Waals surface area contributed by atoms with Crippen molar-refractivity contribution >= 4 is 16.7 Å². The van der Waals surface area contributed by atoms with Crippen LogP contribution in [0.4, 0.5) is 5.69 Å². The molecule has 0 bridgehead atoms. The number of aromatic nitrogens is 4. The summed E-state index contributed by atoms with van der Waals surface area (Å²) in [5, 5.41) is 4.90. The number of rotatable bonds is 2. The first-order valence-corrected chi connectivity index (χ1v) is 8.31. The van der Waals surface area contributed by atoms with Crippen molar-refractivity contribution in [1.82, 2.24) is 25.3 Å². The fourth-order valence-electron chi connectivity index (χ4n) is 4.20. The maximum Gasteiger partial charge on any atom is 0.140 e. The van der Waals surface area contributed by atoms with Crippen LogP contribution in [0.15, 0.2) is 30.9 Å². The third kappa shape index (κ3) is 1.98. The van der Waals surface area contributed by atoms with E-state index in [2.05, 4.69) is 36.2 Å². The first-order chi connectivity index (χ1) is 11.3. The first-order valence-electron chi connectivity index (χ1n) is 8.31. The Morgan fingerprint density at radius 1 is 1.13 bits per heavy atom. The van der Waals surface area contributed by atoms with Crippen molar-refractivity contribution in [2.75, 3.05) is 24.5 Å². The quantitative estimate of drug-likeness (QED) is 0.679. The highest BCUT2D eigenvalue weighted by atomic mass is 15.2. The van der Waals surface area contributed by atoms with Gasteiger partial charge in [0.15, 0.2) is 0 Å². The Balaban J connectivity index is 1.60. The van der Waals surface area contributed by atoms with E-state index in [0.717, 1.165) is 42.1 Å². The minimum atomic E-state index is 0.316. The van der Waals surface area contributed by atoms with E-state index < -0.39 is 0 Å². The number of anilines is 1. The van der Waals surface area contributed by atoms with Gasteiger partial charge in [-0.15, -0.1) is 0 Å². The predicted molar refractivity (Wildman–Crippen MR) is 90.5 cm³/mol. The van der Waals surface area contributed by atoms with E-state index in [-0.39, 0.29) is 0 Å². The Kier molecular flexibility index (Phi) is 2.76. The van der Waals surface area contributed by atoms with Crippen molar-refractivity contribution in [3.8, 4) is 11.4 Å². The molecular formula is C17H20N6. The summed E-state index contributed by atoms with van der Waals surface area (Å²) in [5.41, 5.74) is 3.59. The molecule has 118 valence electrons. The van der Waals surface area contributed by atoms with Crippen LogP contribution in [0.3, 0.4) is 0 Å². The third-order valence-electron chi connectivity index (χ3n) is 5.33. The van der Waals surface area contributed by atoms with Gasteiger partial charge in [0.05, 0.1) is 11.1 Å². The average Bonchev–Trinajstić information content (AvgIpc) is 3.36. The van der Waals surface area contributed by atoms with Crippen LogP contribution in [0.1, 0.15) is 19.3 Å². The number of pyridine rings is 1. The molecule has 6 heteroatoms. The molecule has 2 fully saturated rings. The van der Waals surface area contributed by atoms with E-state index in [1.165, 1.54) is 24.9 Å². The van der Waals surface area contributed by atoms with Gasteiger partial charge in [0.25, 0.3) is 0 Å². The minimum absolute atomic E-state index is 0.316. The molecule has 0 amide bonds. The summed E-state index contributed by atoms with van der Waals surface area (Å²) in [7, 11) is 0. The molecule has 1 unspecified atom stereocenters. The van der Waals surface area contributed by atoms with Crippen molar-refractivity contribution in [2.24, 2.45) is 0 Å². The summed E-state index contributed by atoms with van der Waals surface area (Å²) in [6, 6.07) is 2.14. The number of hydrogen-bond donors (Lipinski definition) is 3. The van der Waals surface area contributed by atoms with Crippen molar-refractivity contribution in [3.05, 3.63) is 30.9 Å². The summed E-state index contributed by atoms with van der Waals surface area (Å²) >= 11 is 0.